The molecule has 24 heavy (non-hydrogen) atoms. The van der Waals surface area contributed by atoms with Gasteiger partial charge in [-0.15, -0.1) is 0 Å². The van der Waals surface area contributed by atoms with Crippen LogP contribution in [0.25, 0.3) is 0 Å². The number of nitrogens with one attached hydrogen (secondary N) is 2. The van der Waals surface area contributed by atoms with Crippen LogP contribution in [0.5, 0.6) is 0 Å². The summed E-state index contributed by atoms with van der Waals surface area (Å²) in [4.78, 5) is 24.8. The summed E-state index contributed by atoms with van der Waals surface area (Å²) in [5.74, 6) is -0.255. The Labute approximate surface area is 149 Å². The fourth-order valence-corrected chi connectivity index (χ4v) is 2.52. The summed E-state index contributed by atoms with van der Waals surface area (Å²) in [5, 5.41) is 9.86. The molecule has 128 valence electrons. The van der Waals surface area contributed by atoms with Gasteiger partial charge in [0, 0.05) is 23.8 Å². The van der Waals surface area contributed by atoms with E-state index in [1.54, 1.807) is 29.1 Å². The van der Waals surface area contributed by atoms with E-state index in [1.807, 2.05) is 26.8 Å². The van der Waals surface area contributed by atoms with Crippen LogP contribution >= 0.6 is 15.9 Å². The van der Waals surface area contributed by atoms with Crippen LogP contribution in [0.3, 0.4) is 0 Å². The highest BCUT2D eigenvalue weighted by Crippen LogP contribution is 2.20. The van der Waals surface area contributed by atoms with Crippen LogP contribution < -0.4 is 10.6 Å². The molecule has 7 heteroatoms. The number of rotatable bonds is 6. The van der Waals surface area contributed by atoms with Crippen molar-refractivity contribution in [2.24, 2.45) is 5.92 Å². The third-order valence-electron chi connectivity index (χ3n) is 3.34. The van der Waals surface area contributed by atoms with Crippen LogP contribution in [0.4, 0.5) is 5.69 Å². The molecule has 2 rings (SSSR count). The van der Waals surface area contributed by atoms with Crippen molar-refractivity contribution in [2.45, 2.75) is 27.3 Å². The molecule has 2 N–H and O–H groups in total. The molecule has 0 aliphatic carbocycles. The lowest BCUT2D eigenvalue weighted by atomic mass is 10.2. The Kier molecular flexibility index (Phi) is 6.14. The molecule has 2 aromatic rings. The zero-order chi connectivity index (χ0) is 17.7. The van der Waals surface area contributed by atoms with Crippen molar-refractivity contribution >= 4 is 33.4 Å². The van der Waals surface area contributed by atoms with Gasteiger partial charge in [0.25, 0.3) is 11.8 Å². The third-order valence-corrected chi connectivity index (χ3v) is 4.03. The van der Waals surface area contributed by atoms with Gasteiger partial charge in [-0.25, -0.2) is 0 Å². The van der Waals surface area contributed by atoms with Crippen molar-refractivity contribution in [3.63, 3.8) is 0 Å². The molecule has 0 fully saturated rings. The zero-order valence-corrected chi connectivity index (χ0v) is 15.6. The highest BCUT2D eigenvalue weighted by atomic mass is 79.9. The van der Waals surface area contributed by atoms with Crippen LogP contribution in [-0.4, -0.2) is 28.1 Å². The number of anilines is 1. The average molecular weight is 393 g/mol. The van der Waals surface area contributed by atoms with Crippen molar-refractivity contribution < 1.29 is 9.59 Å². The molecule has 0 atom stereocenters. The van der Waals surface area contributed by atoms with Gasteiger partial charge in [0.1, 0.15) is 0 Å². The van der Waals surface area contributed by atoms with Gasteiger partial charge >= 0.3 is 0 Å². The third kappa shape index (κ3) is 4.44. The zero-order valence-electron chi connectivity index (χ0n) is 14.0. The van der Waals surface area contributed by atoms with Gasteiger partial charge < -0.3 is 10.6 Å². The van der Waals surface area contributed by atoms with Gasteiger partial charge in [-0.1, -0.05) is 26.0 Å². The molecule has 2 amide bonds. The highest BCUT2D eigenvalue weighted by molar-refractivity contribution is 9.10. The molecule has 0 spiro atoms. The van der Waals surface area contributed by atoms with Gasteiger partial charge in [0.2, 0.25) is 0 Å². The summed E-state index contributed by atoms with van der Waals surface area (Å²) in [6.07, 6.45) is 1.67. The van der Waals surface area contributed by atoms with Crippen LogP contribution in [0.1, 0.15) is 41.6 Å². The molecule has 0 aliphatic heterocycles. The first-order valence-electron chi connectivity index (χ1n) is 7.83. The monoisotopic (exact) mass is 392 g/mol. The van der Waals surface area contributed by atoms with E-state index in [0.29, 0.717) is 34.7 Å². The maximum Gasteiger partial charge on any atom is 0.273 e. The summed E-state index contributed by atoms with van der Waals surface area (Å²) in [6.45, 7) is 7.11. The molecule has 6 nitrogen and oxygen atoms in total. The fourth-order valence-electron chi connectivity index (χ4n) is 2.06. The molecule has 1 aromatic carbocycles. The molecule has 1 aromatic heterocycles. The lowest BCUT2D eigenvalue weighted by molar-refractivity contribution is 0.0944. The van der Waals surface area contributed by atoms with E-state index >= 15 is 0 Å². The smallest absolute Gasteiger partial charge is 0.273 e. The number of aryl methyl sites for hydroxylation is 1. The molecule has 0 radical (unpaired) electrons. The normalized spacial score (nSPS) is 10.7. The Morgan fingerprint density at radius 2 is 1.96 bits per heavy atom. The van der Waals surface area contributed by atoms with Gasteiger partial charge in [0.15, 0.2) is 5.69 Å². The van der Waals surface area contributed by atoms with Gasteiger partial charge in [-0.2, -0.15) is 5.10 Å². The molecule has 0 saturated heterocycles. The lowest BCUT2D eigenvalue weighted by Crippen LogP contribution is -2.28. The van der Waals surface area contributed by atoms with E-state index in [1.165, 1.54) is 0 Å². The number of hydrogen-bond acceptors (Lipinski definition) is 3. The lowest BCUT2D eigenvalue weighted by Gasteiger charge is -2.08. The van der Waals surface area contributed by atoms with E-state index < -0.39 is 0 Å². The Hall–Kier alpha value is -2.15. The Balaban J connectivity index is 2.23. The Morgan fingerprint density at radius 1 is 1.25 bits per heavy atom. The second-order valence-electron chi connectivity index (χ2n) is 5.78. The van der Waals surface area contributed by atoms with Crippen molar-refractivity contribution in [1.82, 2.24) is 15.1 Å². The van der Waals surface area contributed by atoms with E-state index in [2.05, 4.69) is 31.7 Å². The highest BCUT2D eigenvalue weighted by Gasteiger charge is 2.19. The molecular formula is C17H21BrN4O2. The van der Waals surface area contributed by atoms with Crippen molar-refractivity contribution in [1.29, 1.82) is 0 Å². The largest absolute Gasteiger partial charge is 0.350 e. The first-order valence-corrected chi connectivity index (χ1v) is 8.63. The van der Waals surface area contributed by atoms with E-state index in [0.717, 1.165) is 0 Å². The van der Waals surface area contributed by atoms with Gasteiger partial charge in [0.05, 0.1) is 11.3 Å². The first kappa shape index (κ1) is 18.2. The molecule has 0 unspecified atom stereocenters. The minimum absolute atomic E-state index is 0.220. The maximum absolute atomic E-state index is 12.5. The minimum Gasteiger partial charge on any atom is -0.350 e. The second-order valence-corrected chi connectivity index (χ2v) is 6.64. The number of nitrogens with zero attached hydrogens (tertiary/aromatic N) is 2. The Morgan fingerprint density at radius 3 is 2.58 bits per heavy atom. The van der Waals surface area contributed by atoms with Crippen LogP contribution in [0.15, 0.2) is 34.9 Å². The van der Waals surface area contributed by atoms with Crippen LogP contribution in [-0.2, 0) is 6.54 Å². The SMILES string of the molecule is CCn1cc(NC(=O)c2ccccc2Br)c(C(=O)NCC(C)C)n1. The second kappa shape index (κ2) is 8.10. The number of aromatic nitrogens is 2. The van der Waals surface area contributed by atoms with Crippen molar-refractivity contribution in [3.8, 4) is 0 Å². The number of hydrogen-bond donors (Lipinski definition) is 2. The van der Waals surface area contributed by atoms with E-state index in [-0.39, 0.29) is 17.5 Å². The fraction of sp³-hybridized carbons (Fsp3) is 0.353. The predicted octanol–water partition coefficient (Wildman–Crippen LogP) is 3.30. The van der Waals surface area contributed by atoms with Gasteiger partial charge in [-0.05, 0) is 40.9 Å². The summed E-state index contributed by atoms with van der Waals surface area (Å²) >= 11 is 3.36. The number of carbonyl (C=O) groups excluding carboxylic acids is 2. The number of amides is 2. The quantitative estimate of drug-likeness (QED) is 0.791. The van der Waals surface area contributed by atoms with Crippen LogP contribution in [0.2, 0.25) is 0 Å². The standard InChI is InChI=1S/C17H21BrN4O2/c1-4-22-10-14(15(21-22)17(24)19-9-11(2)3)20-16(23)12-7-5-6-8-13(12)18/h5-8,10-11H,4,9H2,1-3H3,(H,19,24)(H,20,23). The summed E-state index contributed by atoms with van der Waals surface area (Å²) in [7, 11) is 0. The topological polar surface area (TPSA) is 76.0 Å². The maximum atomic E-state index is 12.5. The molecule has 0 aliphatic rings. The number of halogens is 1. The predicted molar refractivity (Wildman–Crippen MR) is 97.2 cm³/mol. The molecule has 0 saturated carbocycles. The average Bonchev–Trinajstić information content (AvgIpc) is 2.96. The number of benzene rings is 1. The summed E-state index contributed by atoms with van der Waals surface area (Å²) in [6, 6.07) is 7.12. The molecular weight excluding hydrogens is 372 g/mol. The summed E-state index contributed by atoms with van der Waals surface area (Å²) in [5.41, 5.74) is 1.12. The van der Waals surface area contributed by atoms with Crippen LogP contribution in [0, 0.1) is 5.92 Å². The first-order chi connectivity index (χ1) is 11.4. The molecule has 0 bridgehead atoms. The molecule has 1 heterocycles. The Bertz CT molecular complexity index is 740. The van der Waals surface area contributed by atoms with Gasteiger partial charge in [-0.3, -0.25) is 14.3 Å². The van der Waals surface area contributed by atoms with Crippen molar-refractivity contribution in [3.05, 3.63) is 46.2 Å². The number of carbonyl (C=O) groups is 2. The van der Waals surface area contributed by atoms with E-state index in [9.17, 15) is 9.59 Å². The summed E-state index contributed by atoms with van der Waals surface area (Å²) < 4.78 is 2.32. The van der Waals surface area contributed by atoms with E-state index in [4.69, 9.17) is 0 Å². The minimum atomic E-state index is -0.295. The van der Waals surface area contributed by atoms with Crippen molar-refractivity contribution in [2.75, 3.05) is 11.9 Å².